The molecule has 0 radical (unpaired) electrons. The van der Waals surface area contributed by atoms with Crippen LogP contribution in [0.4, 0.5) is 0 Å². The first kappa shape index (κ1) is 36.3. The topological polar surface area (TPSA) is 111 Å². The lowest BCUT2D eigenvalue weighted by Crippen LogP contribution is -2.52. The first-order chi connectivity index (χ1) is 26.6. The van der Waals surface area contributed by atoms with Gasteiger partial charge in [0.1, 0.15) is 12.1 Å². The Morgan fingerprint density at radius 2 is 1.65 bits per heavy atom. The summed E-state index contributed by atoms with van der Waals surface area (Å²) < 4.78 is 2.01. The molecule has 276 valence electrons. The second-order valence-electron chi connectivity index (χ2n) is 15.1. The van der Waals surface area contributed by atoms with Crippen LogP contribution in [-0.4, -0.2) is 62.5 Å². The number of likely N-dealkylation sites (tertiary alicyclic amines) is 1. The van der Waals surface area contributed by atoms with Crippen molar-refractivity contribution in [3.63, 3.8) is 0 Å². The minimum absolute atomic E-state index is 0.170. The van der Waals surface area contributed by atoms with E-state index in [2.05, 4.69) is 78.1 Å². The average Bonchev–Trinajstić information content (AvgIpc) is 3.65. The fraction of sp³-hybridized carbons (Fsp3) is 0.356. The summed E-state index contributed by atoms with van der Waals surface area (Å²) in [6.07, 6.45) is 5.07. The number of hydrogen-bond donors (Lipinski definition) is 1. The maximum atomic E-state index is 13.2. The third-order valence-electron chi connectivity index (χ3n) is 11.7. The van der Waals surface area contributed by atoms with Crippen LogP contribution in [0.15, 0.2) is 60.7 Å². The molecule has 9 nitrogen and oxygen atoms in total. The summed E-state index contributed by atoms with van der Waals surface area (Å²) in [6, 6.07) is 21.5. The zero-order valence-electron chi connectivity index (χ0n) is 31.0. The number of fused-ring (bicyclic) bond motifs is 1. The van der Waals surface area contributed by atoms with E-state index in [1.54, 1.807) is 17.0 Å². The summed E-state index contributed by atoms with van der Waals surface area (Å²) in [5, 5.41) is 16.9. The molecule has 10 heteroatoms. The van der Waals surface area contributed by atoms with Crippen LogP contribution in [0, 0.1) is 60.7 Å². The monoisotopic (exact) mass is 748 g/mol. The van der Waals surface area contributed by atoms with Crippen molar-refractivity contribution in [3.05, 3.63) is 110 Å². The lowest BCUT2D eigenvalue weighted by molar-refractivity contribution is -0.136. The van der Waals surface area contributed by atoms with Crippen molar-refractivity contribution >= 4 is 29.3 Å². The van der Waals surface area contributed by atoms with Crippen LogP contribution in [0.1, 0.15) is 88.0 Å². The number of nitriles is 1. The van der Waals surface area contributed by atoms with Gasteiger partial charge in [0, 0.05) is 71.9 Å². The highest BCUT2D eigenvalue weighted by Crippen LogP contribution is 2.33. The van der Waals surface area contributed by atoms with Gasteiger partial charge in [-0.1, -0.05) is 59.5 Å². The molecule has 1 saturated carbocycles. The van der Waals surface area contributed by atoms with Crippen molar-refractivity contribution in [2.75, 3.05) is 13.1 Å². The molecule has 4 aliphatic rings. The van der Waals surface area contributed by atoms with Gasteiger partial charge < -0.3 is 4.90 Å². The van der Waals surface area contributed by atoms with Crippen LogP contribution >= 0.6 is 11.6 Å². The molecule has 1 unspecified atom stereocenters. The van der Waals surface area contributed by atoms with Gasteiger partial charge in [0.15, 0.2) is 0 Å². The van der Waals surface area contributed by atoms with Gasteiger partial charge in [-0.3, -0.25) is 29.3 Å². The fourth-order valence-electron chi connectivity index (χ4n) is 8.24. The molecule has 3 amide bonds. The highest BCUT2D eigenvalue weighted by molar-refractivity contribution is 6.32. The zero-order chi connectivity index (χ0) is 38.2. The molecule has 4 heterocycles. The van der Waals surface area contributed by atoms with Crippen molar-refractivity contribution < 1.29 is 14.4 Å². The quantitative estimate of drug-likeness (QED) is 0.187. The Labute approximate surface area is 326 Å². The minimum atomic E-state index is -0.626. The largest absolute Gasteiger partial charge is 0.322 e. The summed E-state index contributed by atoms with van der Waals surface area (Å²) >= 11 is 6.30. The molecule has 1 atom stereocenters. The number of carbonyl (C=O) groups excluding carboxylic acids is 3. The maximum absolute atomic E-state index is 13.2. The molecule has 3 aliphatic heterocycles. The van der Waals surface area contributed by atoms with E-state index in [4.69, 9.17) is 16.7 Å². The van der Waals surface area contributed by atoms with Crippen molar-refractivity contribution in [3.8, 4) is 41.0 Å². The number of carbonyl (C=O) groups is 3. The van der Waals surface area contributed by atoms with Gasteiger partial charge in [-0.15, -0.1) is 0 Å². The third kappa shape index (κ3) is 7.41. The van der Waals surface area contributed by atoms with Crippen LogP contribution in [0.25, 0.3) is 11.3 Å². The Morgan fingerprint density at radius 1 is 0.891 bits per heavy atom. The van der Waals surface area contributed by atoms with Crippen LogP contribution in [0.5, 0.6) is 0 Å². The van der Waals surface area contributed by atoms with Gasteiger partial charge in [-0.25, -0.2) is 0 Å². The standard InChI is InChI=1S/C45H41ClN6O3/c1-28-29(2)52(49-43(28)35-16-17-36(23-47)40(46)22-35)26-32-10-8-30(9-11-32)6-7-31-13-18-37(19-14-31)50-24-33(25-50)12-15-34-4-3-5-38-39(34)27-51(45(38)55)41-20-21-42(53)48-44(41)54/h3-5,8-11,16-17,22,31,33,37,41H,13-14,18-21,24-27H2,1-2H3,(H,48,53,54). The van der Waals surface area contributed by atoms with Crippen LogP contribution in [-0.2, 0) is 22.7 Å². The van der Waals surface area contributed by atoms with E-state index in [1.165, 1.54) is 0 Å². The zero-order valence-corrected chi connectivity index (χ0v) is 31.7. The predicted molar refractivity (Wildman–Crippen MR) is 209 cm³/mol. The highest BCUT2D eigenvalue weighted by atomic mass is 35.5. The van der Waals surface area contributed by atoms with E-state index in [-0.39, 0.29) is 18.2 Å². The molecule has 55 heavy (non-hydrogen) atoms. The number of aromatic nitrogens is 2. The number of amides is 3. The van der Waals surface area contributed by atoms with Crippen molar-refractivity contribution in [1.29, 1.82) is 5.26 Å². The number of halogens is 1. The Bertz CT molecular complexity index is 2370. The number of nitrogens with zero attached hydrogens (tertiary/aromatic N) is 5. The summed E-state index contributed by atoms with van der Waals surface area (Å²) in [5.41, 5.74) is 8.90. The number of benzene rings is 3. The SMILES string of the molecule is Cc1c(-c2ccc(C#N)c(Cl)c2)nn(Cc2ccc(C#CC3CCC(N4CC(C#Cc5cccc6c5CN(C5CCC(=O)NC5=O)C6=O)C4)CC3)cc2)c1C. The van der Waals surface area contributed by atoms with E-state index in [0.717, 1.165) is 83.5 Å². The number of imide groups is 1. The number of piperidine rings is 1. The van der Waals surface area contributed by atoms with Crippen LogP contribution < -0.4 is 5.32 Å². The Hall–Kier alpha value is -5.66. The summed E-state index contributed by atoms with van der Waals surface area (Å²) in [4.78, 5) is 41.4. The summed E-state index contributed by atoms with van der Waals surface area (Å²) in [7, 11) is 0. The molecular weight excluding hydrogens is 708 g/mol. The second-order valence-corrected chi connectivity index (χ2v) is 15.6. The average molecular weight is 749 g/mol. The molecule has 0 spiro atoms. The second kappa shape index (κ2) is 15.2. The normalized spacial score (nSPS) is 21.1. The van der Waals surface area contributed by atoms with E-state index < -0.39 is 11.9 Å². The first-order valence-corrected chi connectivity index (χ1v) is 19.4. The first-order valence-electron chi connectivity index (χ1n) is 19.0. The minimum Gasteiger partial charge on any atom is -0.322 e. The van der Waals surface area contributed by atoms with Gasteiger partial charge in [0.2, 0.25) is 11.8 Å². The Balaban J connectivity index is 0.809. The lowest BCUT2D eigenvalue weighted by Gasteiger charge is -2.44. The summed E-state index contributed by atoms with van der Waals surface area (Å²) in [6.45, 7) is 7.04. The van der Waals surface area contributed by atoms with E-state index >= 15 is 0 Å². The highest BCUT2D eigenvalue weighted by Gasteiger charge is 2.40. The molecule has 8 rings (SSSR count). The van der Waals surface area contributed by atoms with Gasteiger partial charge in [0.25, 0.3) is 5.91 Å². The van der Waals surface area contributed by atoms with Crippen LogP contribution in [0.2, 0.25) is 5.02 Å². The third-order valence-corrected chi connectivity index (χ3v) is 12.0. The molecule has 1 N–H and O–H groups in total. The Kier molecular flexibility index (Phi) is 10.1. The lowest BCUT2D eigenvalue weighted by atomic mass is 9.83. The summed E-state index contributed by atoms with van der Waals surface area (Å²) in [5.74, 6) is 13.6. The maximum Gasteiger partial charge on any atom is 0.255 e. The van der Waals surface area contributed by atoms with Gasteiger partial charge in [-0.05, 0) is 99.0 Å². The molecule has 2 saturated heterocycles. The van der Waals surface area contributed by atoms with Gasteiger partial charge >= 0.3 is 0 Å². The Morgan fingerprint density at radius 3 is 2.38 bits per heavy atom. The van der Waals surface area contributed by atoms with Crippen molar-refractivity contribution in [2.45, 2.75) is 77.5 Å². The molecule has 3 fully saturated rings. The molecular formula is C45H41ClN6O3. The fourth-order valence-corrected chi connectivity index (χ4v) is 8.46. The van der Waals surface area contributed by atoms with E-state index in [1.807, 2.05) is 28.9 Å². The van der Waals surface area contributed by atoms with Gasteiger partial charge in [0.05, 0.1) is 22.8 Å². The molecule has 3 aromatic carbocycles. The van der Waals surface area contributed by atoms with E-state index in [9.17, 15) is 19.6 Å². The van der Waals surface area contributed by atoms with Crippen molar-refractivity contribution in [2.24, 2.45) is 11.8 Å². The number of nitrogens with one attached hydrogen (secondary N) is 1. The van der Waals surface area contributed by atoms with Gasteiger partial charge in [-0.2, -0.15) is 10.4 Å². The van der Waals surface area contributed by atoms with E-state index in [0.29, 0.717) is 53.5 Å². The smallest absolute Gasteiger partial charge is 0.255 e. The molecule has 1 aliphatic carbocycles. The van der Waals surface area contributed by atoms with Crippen LogP contribution in [0.3, 0.4) is 0 Å². The molecule has 1 aromatic heterocycles. The predicted octanol–water partition coefficient (Wildman–Crippen LogP) is 6.40. The molecule has 4 aromatic rings. The number of rotatable bonds is 5. The number of hydrogen-bond acceptors (Lipinski definition) is 6. The van der Waals surface area contributed by atoms with Crippen molar-refractivity contribution in [1.82, 2.24) is 24.9 Å². The molecule has 0 bridgehead atoms.